The van der Waals surface area contributed by atoms with E-state index in [0.717, 1.165) is 18.6 Å². The van der Waals surface area contributed by atoms with Crippen LogP contribution in [-0.2, 0) is 4.79 Å². The van der Waals surface area contributed by atoms with Gasteiger partial charge in [0.05, 0.1) is 7.11 Å². The van der Waals surface area contributed by atoms with E-state index in [9.17, 15) is 4.79 Å². The molecule has 1 aromatic rings. The predicted octanol–water partition coefficient (Wildman–Crippen LogP) is 2.53. The Morgan fingerprint density at radius 1 is 1.43 bits per heavy atom. The topological polar surface area (TPSA) is 26.3 Å². The van der Waals surface area contributed by atoms with Gasteiger partial charge in [0.1, 0.15) is 11.5 Å². The van der Waals surface area contributed by atoms with Crippen LogP contribution in [0.4, 0.5) is 0 Å². The lowest BCUT2D eigenvalue weighted by atomic mass is 9.98. The van der Waals surface area contributed by atoms with E-state index in [1.54, 1.807) is 7.11 Å². The Morgan fingerprint density at radius 2 is 2.29 bits per heavy atom. The molecule has 1 fully saturated rings. The van der Waals surface area contributed by atoms with Crippen molar-refractivity contribution in [2.75, 3.05) is 7.11 Å². The summed E-state index contributed by atoms with van der Waals surface area (Å²) in [6.07, 6.45) is 2.43. The van der Waals surface area contributed by atoms with Crippen LogP contribution in [0.2, 0.25) is 0 Å². The minimum Gasteiger partial charge on any atom is -0.497 e. The minimum atomic E-state index is 0.387. The second kappa shape index (κ2) is 3.82. The zero-order chi connectivity index (χ0) is 9.97. The molecule has 14 heavy (non-hydrogen) atoms. The van der Waals surface area contributed by atoms with Gasteiger partial charge in [-0.25, -0.2) is 0 Å². The summed E-state index contributed by atoms with van der Waals surface area (Å²) in [5, 5.41) is 0. The van der Waals surface area contributed by atoms with Crippen LogP contribution in [0.5, 0.6) is 5.75 Å². The molecule has 1 unspecified atom stereocenters. The van der Waals surface area contributed by atoms with Crippen LogP contribution in [0.25, 0.3) is 0 Å². The first kappa shape index (κ1) is 9.25. The van der Waals surface area contributed by atoms with Crippen molar-refractivity contribution in [3.05, 3.63) is 29.8 Å². The SMILES string of the molecule is COc1cccc(C2CCC(=O)C2)c1. The van der Waals surface area contributed by atoms with Crippen LogP contribution in [0.3, 0.4) is 0 Å². The minimum absolute atomic E-state index is 0.387. The molecule has 1 aliphatic carbocycles. The molecule has 0 heterocycles. The van der Waals surface area contributed by atoms with E-state index < -0.39 is 0 Å². The molecule has 2 nitrogen and oxygen atoms in total. The fourth-order valence-electron chi connectivity index (χ4n) is 1.99. The monoisotopic (exact) mass is 190 g/mol. The van der Waals surface area contributed by atoms with Gasteiger partial charge in [0.2, 0.25) is 0 Å². The van der Waals surface area contributed by atoms with E-state index in [2.05, 4.69) is 6.07 Å². The quantitative estimate of drug-likeness (QED) is 0.716. The smallest absolute Gasteiger partial charge is 0.133 e. The Hall–Kier alpha value is -1.31. The molecular formula is C12H14O2. The molecule has 0 N–H and O–H groups in total. The molecule has 0 radical (unpaired) electrons. The van der Waals surface area contributed by atoms with Crippen molar-refractivity contribution in [2.24, 2.45) is 0 Å². The average molecular weight is 190 g/mol. The molecule has 1 aromatic carbocycles. The fraction of sp³-hybridized carbons (Fsp3) is 0.417. The van der Waals surface area contributed by atoms with Gasteiger partial charge in [-0.2, -0.15) is 0 Å². The molecule has 2 heteroatoms. The molecule has 0 aromatic heterocycles. The van der Waals surface area contributed by atoms with Gasteiger partial charge in [0.25, 0.3) is 0 Å². The molecule has 1 aliphatic rings. The lowest BCUT2D eigenvalue weighted by Crippen LogP contribution is -1.94. The maximum Gasteiger partial charge on any atom is 0.133 e. The van der Waals surface area contributed by atoms with Gasteiger partial charge >= 0.3 is 0 Å². The summed E-state index contributed by atoms with van der Waals surface area (Å²) in [5.74, 6) is 1.68. The van der Waals surface area contributed by atoms with Gasteiger partial charge in [-0.15, -0.1) is 0 Å². The van der Waals surface area contributed by atoms with E-state index in [1.165, 1.54) is 5.56 Å². The van der Waals surface area contributed by atoms with Crippen molar-refractivity contribution < 1.29 is 9.53 Å². The standard InChI is InChI=1S/C12H14O2/c1-14-12-4-2-3-9(8-12)10-5-6-11(13)7-10/h2-4,8,10H,5-7H2,1H3. The van der Waals surface area contributed by atoms with E-state index >= 15 is 0 Å². The van der Waals surface area contributed by atoms with Crippen LogP contribution in [0.1, 0.15) is 30.7 Å². The molecule has 0 amide bonds. The summed E-state index contributed by atoms with van der Waals surface area (Å²) in [7, 11) is 1.67. The average Bonchev–Trinajstić information content (AvgIpc) is 2.65. The van der Waals surface area contributed by atoms with Crippen molar-refractivity contribution in [1.82, 2.24) is 0 Å². The summed E-state index contributed by atoms with van der Waals surface area (Å²) in [5.41, 5.74) is 1.23. The molecule has 1 atom stereocenters. The Morgan fingerprint density at radius 3 is 2.93 bits per heavy atom. The molecule has 74 valence electrons. The Labute approximate surface area is 83.9 Å². The summed E-state index contributed by atoms with van der Waals surface area (Å²) in [4.78, 5) is 11.2. The third-order valence-corrected chi connectivity index (χ3v) is 2.81. The van der Waals surface area contributed by atoms with E-state index in [0.29, 0.717) is 18.1 Å². The third kappa shape index (κ3) is 1.79. The van der Waals surface area contributed by atoms with E-state index in [1.807, 2.05) is 18.2 Å². The lowest BCUT2D eigenvalue weighted by molar-refractivity contribution is -0.117. The number of hydrogen-bond donors (Lipinski definition) is 0. The molecule has 0 spiro atoms. The van der Waals surface area contributed by atoms with Crippen molar-refractivity contribution in [1.29, 1.82) is 0 Å². The van der Waals surface area contributed by atoms with Gasteiger partial charge in [-0.3, -0.25) is 4.79 Å². The number of carbonyl (C=O) groups is 1. The third-order valence-electron chi connectivity index (χ3n) is 2.81. The van der Waals surface area contributed by atoms with Crippen LogP contribution < -0.4 is 4.74 Å². The number of methoxy groups -OCH3 is 1. The van der Waals surface area contributed by atoms with E-state index in [-0.39, 0.29) is 0 Å². The van der Waals surface area contributed by atoms with Crippen molar-refractivity contribution in [2.45, 2.75) is 25.2 Å². The van der Waals surface area contributed by atoms with Crippen molar-refractivity contribution in [3.63, 3.8) is 0 Å². The number of Topliss-reactive ketones (excluding diaryl/α,β-unsaturated/α-hetero) is 1. The summed E-state index contributed by atoms with van der Waals surface area (Å²) >= 11 is 0. The summed E-state index contributed by atoms with van der Waals surface area (Å²) in [6, 6.07) is 8.02. The number of hydrogen-bond acceptors (Lipinski definition) is 2. The van der Waals surface area contributed by atoms with E-state index in [4.69, 9.17) is 4.74 Å². The van der Waals surface area contributed by atoms with Gasteiger partial charge in [-0.1, -0.05) is 12.1 Å². The predicted molar refractivity (Wildman–Crippen MR) is 54.6 cm³/mol. The number of benzene rings is 1. The van der Waals surface area contributed by atoms with Gasteiger partial charge < -0.3 is 4.74 Å². The highest BCUT2D eigenvalue weighted by atomic mass is 16.5. The second-order valence-corrected chi connectivity index (χ2v) is 3.76. The Kier molecular flexibility index (Phi) is 2.53. The van der Waals surface area contributed by atoms with Crippen LogP contribution in [0, 0.1) is 0 Å². The highest BCUT2D eigenvalue weighted by Gasteiger charge is 2.23. The molecule has 0 aliphatic heterocycles. The fourth-order valence-corrected chi connectivity index (χ4v) is 1.99. The van der Waals surface area contributed by atoms with Crippen LogP contribution in [0.15, 0.2) is 24.3 Å². The van der Waals surface area contributed by atoms with Crippen LogP contribution >= 0.6 is 0 Å². The van der Waals surface area contributed by atoms with Crippen LogP contribution in [-0.4, -0.2) is 12.9 Å². The molecule has 1 saturated carbocycles. The molecular weight excluding hydrogens is 176 g/mol. The molecule has 2 rings (SSSR count). The maximum atomic E-state index is 11.2. The zero-order valence-electron chi connectivity index (χ0n) is 8.32. The highest BCUT2D eigenvalue weighted by Crippen LogP contribution is 2.33. The van der Waals surface area contributed by atoms with Crippen molar-refractivity contribution in [3.8, 4) is 5.75 Å². The summed E-state index contributed by atoms with van der Waals surface area (Å²) in [6.45, 7) is 0. The molecule has 0 saturated heterocycles. The first-order valence-corrected chi connectivity index (χ1v) is 4.95. The largest absolute Gasteiger partial charge is 0.497 e. The zero-order valence-corrected chi connectivity index (χ0v) is 8.32. The van der Waals surface area contributed by atoms with Gasteiger partial charge in [-0.05, 0) is 30.0 Å². The second-order valence-electron chi connectivity index (χ2n) is 3.76. The summed E-state index contributed by atoms with van der Waals surface area (Å²) < 4.78 is 5.16. The van der Waals surface area contributed by atoms with Gasteiger partial charge in [0, 0.05) is 12.8 Å². The number of ketones is 1. The normalized spacial score (nSPS) is 21.2. The van der Waals surface area contributed by atoms with Crippen molar-refractivity contribution >= 4 is 5.78 Å². The molecule has 0 bridgehead atoms. The Bertz CT molecular complexity index is 344. The lowest BCUT2D eigenvalue weighted by Gasteiger charge is -2.09. The number of carbonyl (C=O) groups excluding carboxylic acids is 1. The first-order chi connectivity index (χ1) is 6.79. The number of ether oxygens (including phenoxy) is 1. The maximum absolute atomic E-state index is 11.2. The Balaban J connectivity index is 2.19. The first-order valence-electron chi connectivity index (χ1n) is 4.95. The number of rotatable bonds is 2. The highest BCUT2D eigenvalue weighted by molar-refractivity contribution is 5.81. The van der Waals surface area contributed by atoms with Gasteiger partial charge in [0.15, 0.2) is 0 Å².